The lowest BCUT2D eigenvalue weighted by molar-refractivity contribution is -0.146. The second-order valence-corrected chi connectivity index (χ2v) is 6.85. The van der Waals surface area contributed by atoms with E-state index in [2.05, 4.69) is 10.6 Å². The topological polar surface area (TPSA) is 85.9 Å². The lowest BCUT2D eigenvalue weighted by Gasteiger charge is -2.30. The molecule has 146 valence electrons. The summed E-state index contributed by atoms with van der Waals surface area (Å²) in [6.45, 7) is 1.71. The van der Waals surface area contributed by atoms with Crippen molar-refractivity contribution in [2.45, 2.75) is 51.2 Å². The van der Waals surface area contributed by atoms with E-state index in [-0.39, 0.29) is 12.1 Å². The zero-order valence-electron chi connectivity index (χ0n) is 16.0. The molecular weight excluding hydrogens is 348 g/mol. The van der Waals surface area contributed by atoms with Crippen LogP contribution in [0.5, 0.6) is 11.5 Å². The van der Waals surface area contributed by atoms with E-state index in [9.17, 15) is 9.59 Å². The molecule has 1 aliphatic carbocycles. The molecule has 27 heavy (non-hydrogen) atoms. The highest BCUT2D eigenvalue weighted by atomic mass is 16.5. The van der Waals surface area contributed by atoms with Gasteiger partial charge in [-0.3, -0.25) is 0 Å². The summed E-state index contributed by atoms with van der Waals surface area (Å²) in [7, 11) is 3.10. The standard InChI is InChI=1S/C20H26N2O5/c1-12-17(19(23)27-14-7-5-4-6-8-14)18(22-20(24)21-12)13-9-10-15(25-2)16(11-13)26-3/h9-11,14,18H,4-8H2,1-3H3,(H2,21,22,24)/t18-/m1/s1. The van der Waals surface area contributed by atoms with Gasteiger partial charge in [-0.25, -0.2) is 9.59 Å². The number of allylic oxidation sites excluding steroid dienone is 1. The Labute approximate surface area is 159 Å². The van der Waals surface area contributed by atoms with Gasteiger partial charge in [0.25, 0.3) is 0 Å². The number of rotatable bonds is 5. The van der Waals surface area contributed by atoms with Crippen molar-refractivity contribution in [2.24, 2.45) is 0 Å². The third-order valence-electron chi connectivity index (χ3n) is 5.06. The Balaban J connectivity index is 1.90. The van der Waals surface area contributed by atoms with Gasteiger partial charge < -0.3 is 24.8 Å². The molecule has 1 fully saturated rings. The van der Waals surface area contributed by atoms with Crippen LogP contribution in [-0.2, 0) is 9.53 Å². The highest BCUT2D eigenvalue weighted by Crippen LogP contribution is 2.35. The first-order valence-electron chi connectivity index (χ1n) is 9.24. The van der Waals surface area contributed by atoms with Crippen molar-refractivity contribution in [1.29, 1.82) is 0 Å². The van der Waals surface area contributed by atoms with Gasteiger partial charge in [-0.15, -0.1) is 0 Å². The predicted molar refractivity (Wildman–Crippen MR) is 99.6 cm³/mol. The molecule has 7 heteroatoms. The Hall–Kier alpha value is -2.70. The fraction of sp³-hybridized carbons (Fsp3) is 0.500. The quantitative estimate of drug-likeness (QED) is 0.773. The number of urea groups is 1. The van der Waals surface area contributed by atoms with Gasteiger partial charge in [-0.05, 0) is 50.3 Å². The number of hydrogen-bond donors (Lipinski definition) is 2. The van der Waals surface area contributed by atoms with E-state index in [4.69, 9.17) is 14.2 Å². The van der Waals surface area contributed by atoms with Gasteiger partial charge in [-0.2, -0.15) is 0 Å². The molecule has 1 saturated carbocycles. The lowest BCUT2D eigenvalue weighted by Crippen LogP contribution is -2.45. The van der Waals surface area contributed by atoms with Crippen molar-refractivity contribution in [3.8, 4) is 11.5 Å². The molecule has 0 saturated heterocycles. The van der Waals surface area contributed by atoms with Crippen LogP contribution in [0.25, 0.3) is 0 Å². The Morgan fingerprint density at radius 2 is 1.78 bits per heavy atom. The Morgan fingerprint density at radius 1 is 1.07 bits per heavy atom. The number of nitrogens with one attached hydrogen (secondary N) is 2. The number of carbonyl (C=O) groups is 2. The molecule has 3 rings (SSSR count). The Morgan fingerprint density at radius 3 is 2.44 bits per heavy atom. The van der Waals surface area contributed by atoms with Gasteiger partial charge >= 0.3 is 12.0 Å². The van der Waals surface area contributed by atoms with E-state index in [0.717, 1.165) is 31.2 Å². The van der Waals surface area contributed by atoms with Gasteiger partial charge in [-0.1, -0.05) is 12.5 Å². The van der Waals surface area contributed by atoms with Crippen LogP contribution in [0.2, 0.25) is 0 Å². The monoisotopic (exact) mass is 374 g/mol. The molecule has 1 aliphatic heterocycles. The maximum Gasteiger partial charge on any atom is 0.338 e. The summed E-state index contributed by atoms with van der Waals surface area (Å²) in [5.41, 5.74) is 1.63. The SMILES string of the molecule is COc1ccc([C@H]2NC(=O)NC(C)=C2C(=O)OC2CCCCC2)cc1OC. The number of hydrogen-bond acceptors (Lipinski definition) is 5. The molecule has 0 spiro atoms. The van der Waals surface area contributed by atoms with Gasteiger partial charge in [0, 0.05) is 5.70 Å². The minimum atomic E-state index is -0.616. The lowest BCUT2D eigenvalue weighted by atomic mass is 9.94. The molecule has 0 bridgehead atoms. The summed E-state index contributed by atoms with van der Waals surface area (Å²) in [6, 6.07) is 4.34. The van der Waals surface area contributed by atoms with Gasteiger partial charge in [0.2, 0.25) is 0 Å². The van der Waals surface area contributed by atoms with Crippen LogP contribution in [0.4, 0.5) is 4.79 Å². The number of benzene rings is 1. The normalized spacial score (nSPS) is 20.6. The molecule has 0 aromatic heterocycles. The number of carbonyl (C=O) groups excluding carboxylic acids is 2. The molecule has 1 aromatic carbocycles. The predicted octanol–water partition coefficient (Wildman–Crippen LogP) is 3.21. The molecule has 2 N–H and O–H groups in total. The maximum atomic E-state index is 12.9. The van der Waals surface area contributed by atoms with E-state index in [0.29, 0.717) is 22.8 Å². The van der Waals surface area contributed by atoms with Crippen LogP contribution in [0, 0.1) is 0 Å². The average Bonchev–Trinajstić information content (AvgIpc) is 2.67. The molecular formula is C20H26N2O5. The fourth-order valence-corrected chi connectivity index (χ4v) is 3.64. The minimum absolute atomic E-state index is 0.0600. The zero-order chi connectivity index (χ0) is 19.4. The first-order chi connectivity index (χ1) is 13.0. The molecule has 0 unspecified atom stereocenters. The zero-order valence-corrected chi connectivity index (χ0v) is 16.0. The van der Waals surface area contributed by atoms with Crippen LogP contribution in [0.1, 0.15) is 50.6 Å². The molecule has 2 aliphatic rings. The van der Waals surface area contributed by atoms with Crippen LogP contribution < -0.4 is 20.1 Å². The number of esters is 1. The third-order valence-corrected chi connectivity index (χ3v) is 5.06. The van der Waals surface area contributed by atoms with Gasteiger partial charge in [0.15, 0.2) is 11.5 Å². The van der Waals surface area contributed by atoms with E-state index in [1.54, 1.807) is 39.3 Å². The van der Waals surface area contributed by atoms with Gasteiger partial charge in [0.1, 0.15) is 6.10 Å². The van der Waals surface area contributed by atoms with Crippen molar-refractivity contribution in [3.05, 3.63) is 35.0 Å². The molecule has 1 heterocycles. The Bertz CT molecular complexity index is 753. The molecule has 7 nitrogen and oxygen atoms in total. The van der Waals surface area contributed by atoms with E-state index in [1.165, 1.54) is 6.42 Å². The first kappa shape index (κ1) is 19.1. The van der Waals surface area contributed by atoms with Gasteiger partial charge in [0.05, 0.1) is 25.8 Å². The van der Waals surface area contributed by atoms with Crippen molar-refractivity contribution in [1.82, 2.24) is 10.6 Å². The first-order valence-corrected chi connectivity index (χ1v) is 9.24. The van der Waals surface area contributed by atoms with Crippen LogP contribution in [0.15, 0.2) is 29.5 Å². The maximum absolute atomic E-state index is 12.9. The number of amides is 2. The summed E-state index contributed by atoms with van der Waals surface area (Å²) < 4.78 is 16.4. The highest BCUT2D eigenvalue weighted by Gasteiger charge is 2.34. The minimum Gasteiger partial charge on any atom is -0.493 e. The third kappa shape index (κ3) is 4.18. The average molecular weight is 374 g/mol. The van der Waals surface area contributed by atoms with E-state index < -0.39 is 12.0 Å². The number of methoxy groups -OCH3 is 2. The van der Waals surface area contributed by atoms with E-state index in [1.807, 2.05) is 0 Å². The van der Waals surface area contributed by atoms with Crippen LogP contribution >= 0.6 is 0 Å². The summed E-state index contributed by atoms with van der Waals surface area (Å²) in [4.78, 5) is 24.9. The van der Waals surface area contributed by atoms with Crippen molar-refractivity contribution in [2.75, 3.05) is 14.2 Å². The summed E-state index contributed by atoms with van der Waals surface area (Å²) in [5.74, 6) is 0.709. The fourth-order valence-electron chi connectivity index (χ4n) is 3.64. The Kier molecular flexibility index (Phi) is 5.88. The number of ether oxygens (including phenoxy) is 3. The van der Waals surface area contributed by atoms with Crippen LogP contribution in [-0.4, -0.2) is 32.3 Å². The molecule has 1 aromatic rings. The van der Waals surface area contributed by atoms with E-state index >= 15 is 0 Å². The highest BCUT2D eigenvalue weighted by molar-refractivity contribution is 5.95. The summed E-state index contributed by atoms with van der Waals surface area (Å²) >= 11 is 0. The smallest absolute Gasteiger partial charge is 0.338 e. The largest absolute Gasteiger partial charge is 0.493 e. The van der Waals surface area contributed by atoms with Crippen LogP contribution in [0.3, 0.4) is 0 Å². The molecule has 1 atom stereocenters. The summed E-state index contributed by atoms with van der Waals surface area (Å²) in [5, 5.41) is 5.49. The van der Waals surface area contributed by atoms with Crippen molar-refractivity contribution < 1.29 is 23.8 Å². The summed E-state index contributed by atoms with van der Waals surface area (Å²) in [6.07, 6.45) is 5.04. The molecule has 0 radical (unpaired) electrons. The molecule has 2 amide bonds. The van der Waals surface area contributed by atoms with Crippen molar-refractivity contribution >= 4 is 12.0 Å². The van der Waals surface area contributed by atoms with Crippen molar-refractivity contribution in [3.63, 3.8) is 0 Å². The second-order valence-electron chi connectivity index (χ2n) is 6.85. The second kappa shape index (κ2) is 8.33.